The van der Waals surface area contributed by atoms with E-state index in [2.05, 4.69) is 20.9 Å². The first-order valence-electron chi connectivity index (χ1n) is 7.10. The summed E-state index contributed by atoms with van der Waals surface area (Å²) in [5.74, 6) is 0.969. The van der Waals surface area contributed by atoms with Gasteiger partial charge in [0.2, 0.25) is 0 Å². The van der Waals surface area contributed by atoms with Crippen LogP contribution < -0.4 is 5.32 Å². The van der Waals surface area contributed by atoms with Gasteiger partial charge in [-0.1, -0.05) is 42.5 Å². The lowest BCUT2D eigenvalue weighted by molar-refractivity contribution is 0.174. The predicted octanol–water partition coefficient (Wildman–Crippen LogP) is 2.40. The number of fused-ring (bicyclic) bond motifs is 1. The van der Waals surface area contributed by atoms with Crippen LogP contribution in [0.1, 0.15) is 17.5 Å². The molecule has 3 aromatic rings. The van der Waals surface area contributed by atoms with E-state index in [1.54, 1.807) is 0 Å². The third kappa shape index (κ3) is 2.96. The molecule has 1 aromatic heterocycles. The summed E-state index contributed by atoms with van der Waals surface area (Å²) in [6.45, 7) is 1.14. The summed E-state index contributed by atoms with van der Waals surface area (Å²) in [5.41, 5.74) is 3.05. The van der Waals surface area contributed by atoms with E-state index in [4.69, 9.17) is 0 Å². The first kappa shape index (κ1) is 13.8. The number of aliphatic hydroxyl groups is 1. The molecule has 0 aliphatic rings. The molecule has 21 heavy (non-hydrogen) atoms. The maximum Gasteiger partial charge on any atom is 0.123 e. The summed E-state index contributed by atoms with van der Waals surface area (Å²) >= 11 is 0. The Morgan fingerprint density at radius 2 is 1.81 bits per heavy atom. The van der Waals surface area contributed by atoms with Gasteiger partial charge in [0.25, 0.3) is 0 Å². The molecular formula is C17H19N3O. The van der Waals surface area contributed by atoms with E-state index in [-0.39, 0.29) is 0 Å². The van der Waals surface area contributed by atoms with Crippen LogP contribution in [0.25, 0.3) is 11.0 Å². The fraction of sp³-hybridized carbons (Fsp3) is 0.235. The summed E-state index contributed by atoms with van der Waals surface area (Å²) in [5, 5.41) is 13.4. The van der Waals surface area contributed by atoms with Gasteiger partial charge in [0, 0.05) is 13.6 Å². The third-order valence-electron chi connectivity index (χ3n) is 3.68. The number of para-hydroxylation sites is 2. The lowest BCUT2D eigenvalue weighted by Crippen LogP contribution is -2.22. The minimum Gasteiger partial charge on any atom is -0.387 e. The lowest BCUT2D eigenvalue weighted by Gasteiger charge is -2.12. The van der Waals surface area contributed by atoms with Gasteiger partial charge in [-0.15, -0.1) is 0 Å². The molecular weight excluding hydrogens is 262 g/mol. The average Bonchev–Trinajstić information content (AvgIpc) is 2.85. The second kappa shape index (κ2) is 6.08. The highest BCUT2D eigenvalue weighted by Crippen LogP contribution is 2.14. The molecule has 4 heteroatoms. The normalized spacial score (nSPS) is 12.7. The molecule has 0 aliphatic heterocycles. The third-order valence-corrected chi connectivity index (χ3v) is 3.68. The molecule has 0 fully saturated rings. The standard InChI is InChI=1S/C17H19N3O/c1-20-15-10-6-5-9-14(15)19-17(20)12-18-11-16(21)13-7-3-2-4-8-13/h2-10,16,18,21H,11-12H2,1H3. The quantitative estimate of drug-likeness (QED) is 0.755. The average molecular weight is 281 g/mol. The molecule has 0 amide bonds. The number of aromatic nitrogens is 2. The highest BCUT2D eigenvalue weighted by molar-refractivity contribution is 5.75. The molecule has 3 rings (SSSR count). The van der Waals surface area contributed by atoms with E-state index in [1.165, 1.54) is 0 Å². The van der Waals surface area contributed by atoms with Crippen molar-refractivity contribution in [3.05, 3.63) is 66.0 Å². The molecule has 0 aliphatic carbocycles. The molecule has 1 unspecified atom stereocenters. The van der Waals surface area contributed by atoms with Gasteiger partial charge in [0.15, 0.2) is 0 Å². The van der Waals surface area contributed by atoms with Crippen molar-refractivity contribution < 1.29 is 5.11 Å². The molecule has 108 valence electrons. The zero-order chi connectivity index (χ0) is 14.7. The Morgan fingerprint density at radius 3 is 2.57 bits per heavy atom. The van der Waals surface area contributed by atoms with Crippen LogP contribution in [0.5, 0.6) is 0 Å². The van der Waals surface area contributed by atoms with Gasteiger partial charge in [-0.2, -0.15) is 0 Å². The molecule has 2 N–H and O–H groups in total. The van der Waals surface area contributed by atoms with Gasteiger partial charge in [0.1, 0.15) is 5.82 Å². The van der Waals surface area contributed by atoms with E-state index in [0.29, 0.717) is 13.1 Å². The topological polar surface area (TPSA) is 50.1 Å². The Labute approximate surface area is 124 Å². The van der Waals surface area contributed by atoms with Crippen molar-refractivity contribution in [1.82, 2.24) is 14.9 Å². The number of rotatable bonds is 5. The van der Waals surface area contributed by atoms with Gasteiger partial charge in [0.05, 0.1) is 23.7 Å². The monoisotopic (exact) mass is 281 g/mol. The van der Waals surface area contributed by atoms with Gasteiger partial charge in [-0.3, -0.25) is 0 Å². The first-order valence-corrected chi connectivity index (χ1v) is 7.10. The Balaban J connectivity index is 1.63. The van der Waals surface area contributed by atoms with Crippen LogP contribution >= 0.6 is 0 Å². The molecule has 0 radical (unpaired) electrons. The van der Waals surface area contributed by atoms with Crippen LogP contribution in [0.4, 0.5) is 0 Å². The number of nitrogens with one attached hydrogen (secondary N) is 1. The van der Waals surface area contributed by atoms with Crippen LogP contribution in [0, 0.1) is 0 Å². The minimum absolute atomic E-state index is 0.499. The second-order valence-electron chi connectivity index (χ2n) is 5.13. The SMILES string of the molecule is Cn1c(CNCC(O)c2ccccc2)nc2ccccc21. The van der Waals surface area contributed by atoms with Crippen LogP contribution in [-0.4, -0.2) is 21.2 Å². The fourth-order valence-electron chi connectivity index (χ4n) is 2.47. The number of hydrogen-bond donors (Lipinski definition) is 2. The maximum absolute atomic E-state index is 10.1. The highest BCUT2D eigenvalue weighted by Gasteiger charge is 2.09. The van der Waals surface area contributed by atoms with E-state index in [0.717, 1.165) is 22.4 Å². The van der Waals surface area contributed by atoms with Crippen molar-refractivity contribution in [3.63, 3.8) is 0 Å². The van der Waals surface area contributed by atoms with Gasteiger partial charge < -0.3 is 15.0 Å². The van der Waals surface area contributed by atoms with Crippen LogP contribution in [0.15, 0.2) is 54.6 Å². The molecule has 1 atom stereocenters. The summed E-state index contributed by atoms with van der Waals surface area (Å²) < 4.78 is 2.08. The summed E-state index contributed by atoms with van der Waals surface area (Å²) in [7, 11) is 2.01. The summed E-state index contributed by atoms with van der Waals surface area (Å²) in [4.78, 5) is 4.60. The fourth-order valence-corrected chi connectivity index (χ4v) is 2.47. The molecule has 0 saturated heterocycles. The zero-order valence-electron chi connectivity index (χ0n) is 12.0. The molecule has 0 bridgehead atoms. The van der Waals surface area contributed by atoms with E-state index in [1.807, 2.05) is 55.6 Å². The first-order chi connectivity index (χ1) is 10.3. The lowest BCUT2D eigenvalue weighted by atomic mass is 10.1. The number of aryl methyl sites for hydroxylation is 1. The van der Waals surface area contributed by atoms with E-state index in [9.17, 15) is 5.11 Å². The largest absolute Gasteiger partial charge is 0.387 e. The van der Waals surface area contributed by atoms with Crippen LogP contribution in [-0.2, 0) is 13.6 Å². The highest BCUT2D eigenvalue weighted by atomic mass is 16.3. The van der Waals surface area contributed by atoms with Crippen molar-refractivity contribution in [1.29, 1.82) is 0 Å². The molecule has 0 spiro atoms. The van der Waals surface area contributed by atoms with Crippen molar-refractivity contribution in [2.75, 3.05) is 6.54 Å². The van der Waals surface area contributed by atoms with E-state index < -0.39 is 6.10 Å². The summed E-state index contributed by atoms with van der Waals surface area (Å²) in [6, 6.07) is 17.8. The number of aliphatic hydroxyl groups excluding tert-OH is 1. The van der Waals surface area contributed by atoms with Crippen LogP contribution in [0.3, 0.4) is 0 Å². The van der Waals surface area contributed by atoms with Crippen LogP contribution in [0.2, 0.25) is 0 Å². The number of imidazole rings is 1. The van der Waals surface area contributed by atoms with Gasteiger partial charge in [-0.05, 0) is 17.7 Å². The Hall–Kier alpha value is -2.17. The predicted molar refractivity (Wildman–Crippen MR) is 83.8 cm³/mol. The molecule has 4 nitrogen and oxygen atoms in total. The maximum atomic E-state index is 10.1. The van der Waals surface area contributed by atoms with Gasteiger partial charge in [-0.25, -0.2) is 4.98 Å². The zero-order valence-corrected chi connectivity index (χ0v) is 12.0. The minimum atomic E-state index is -0.499. The number of nitrogens with zero attached hydrogens (tertiary/aromatic N) is 2. The van der Waals surface area contributed by atoms with E-state index >= 15 is 0 Å². The Bertz CT molecular complexity index is 721. The molecule has 2 aromatic carbocycles. The smallest absolute Gasteiger partial charge is 0.123 e. The number of benzene rings is 2. The van der Waals surface area contributed by atoms with Crippen molar-refractivity contribution in [2.45, 2.75) is 12.6 Å². The molecule has 0 saturated carbocycles. The summed E-state index contributed by atoms with van der Waals surface area (Å²) in [6.07, 6.45) is -0.499. The van der Waals surface area contributed by atoms with Crippen molar-refractivity contribution >= 4 is 11.0 Å². The Morgan fingerprint density at radius 1 is 1.10 bits per heavy atom. The van der Waals surface area contributed by atoms with Crippen molar-refractivity contribution in [2.24, 2.45) is 7.05 Å². The van der Waals surface area contributed by atoms with Gasteiger partial charge >= 0.3 is 0 Å². The molecule has 1 heterocycles. The number of hydrogen-bond acceptors (Lipinski definition) is 3. The van der Waals surface area contributed by atoms with Crippen molar-refractivity contribution in [3.8, 4) is 0 Å². The second-order valence-corrected chi connectivity index (χ2v) is 5.13. The Kier molecular flexibility index (Phi) is 3.99.